The molecule has 1 aliphatic heterocycles. The average molecular weight is 445 g/mol. The van der Waals surface area contributed by atoms with E-state index in [0.717, 1.165) is 25.0 Å². The van der Waals surface area contributed by atoms with Gasteiger partial charge in [0.1, 0.15) is 5.75 Å². The lowest BCUT2D eigenvalue weighted by atomic mass is 10.1. The van der Waals surface area contributed by atoms with E-state index in [0.29, 0.717) is 30.1 Å². The Labute approximate surface area is 183 Å². The molecule has 0 bridgehead atoms. The van der Waals surface area contributed by atoms with Crippen LogP contribution in [0.2, 0.25) is 0 Å². The Morgan fingerprint density at radius 2 is 2.00 bits per heavy atom. The number of nitrogens with zero attached hydrogens (tertiary/aromatic N) is 1. The highest BCUT2D eigenvalue weighted by Gasteiger charge is 2.30. The minimum Gasteiger partial charge on any atom is -0.495 e. The molecule has 3 rings (SSSR count). The summed E-state index contributed by atoms with van der Waals surface area (Å²) >= 11 is 0. The van der Waals surface area contributed by atoms with Gasteiger partial charge in [0.2, 0.25) is 5.91 Å². The Kier molecular flexibility index (Phi) is 7.25. The summed E-state index contributed by atoms with van der Waals surface area (Å²) in [5.41, 5.74) is 0.465. The van der Waals surface area contributed by atoms with E-state index in [9.17, 15) is 22.8 Å². The van der Waals surface area contributed by atoms with Gasteiger partial charge in [-0.05, 0) is 49.2 Å². The van der Waals surface area contributed by atoms with E-state index < -0.39 is 17.8 Å². The third-order valence-electron chi connectivity index (χ3n) is 4.81. The van der Waals surface area contributed by atoms with E-state index in [1.807, 2.05) is 0 Å². The maximum absolute atomic E-state index is 12.7. The van der Waals surface area contributed by atoms with E-state index in [-0.39, 0.29) is 18.0 Å². The van der Waals surface area contributed by atoms with Crippen LogP contribution in [-0.4, -0.2) is 32.1 Å². The van der Waals surface area contributed by atoms with Crippen molar-refractivity contribution >= 4 is 23.3 Å². The predicted molar refractivity (Wildman–Crippen MR) is 115 cm³/mol. The Morgan fingerprint density at radius 3 is 2.72 bits per heavy atom. The van der Waals surface area contributed by atoms with E-state index in [4.69, 9.17) is 4.74 Å². The maximum Gasteiger partial charge on any atom is 0.416 e. The number of urea groups is 1. The molecule has 1 heterocycles. The third-order valence-corrected chi connectivity index (χ3v) is 4.81. The number of ether oxygens (including phenoxy) is 1. The maximum atomic E-state index is 12.7. The Bertz CT molecular complexity index is 1060. The second kappa shape index (κ2) is 10.1. The number of amides is 3. The van der Waals surface area contributed by atoms with Crippen LogP contribution in [0.15, 0.2) is 42.5 Å². The van der Waals surface area contributed by atoms with Crippen molar-refractivity contribution in [1.82, 2.24) is 5.32 Å². The zero-order valence-electron chi connectivity index (χ0n) is 17.4. The number of methoxy groups -OCH3 is 1. The average Bonchev–Trinajstić information content (AvgIpc) is 2.77. The van der Waals surface area contributed by atoms with Crippen molar-refractivity contribution in [2.75, 3.05) is 30.4 Å². The van der Waals surface area contributed by atoms with Gasteiger partial charge in [-0.3, -0.25) is 4.79 Å². The van der Waals surface area contributed by atoms with Gasteiger partial charge in [0.05, 0.1) is 24.9 Å². The first kappa shape index (κ1) is 23.0. The number of hydrogen-bond donors (Lipinski definition) is 2. The molecule has 2 aromatic carbocycles. The van der Waals surface area contributed by atoms with Crippen LogP contribution in [-0.2, 0) is 11.0 Å². The summed E-state index contributed by atoms with van der Waals surface area (Å²) in [6.45, 7) is 0.520. The van der Waals surface area contributed by atoms with Gasteiger partial charge in [-0.2, -0.15) is 13.2 Å². The molecule has 1 fully saturated rings. The largest absolute Gasteiger partial charge is 0.495 e. The number of piperidine rings is 1. The van der Waals surface area contributed by atoms with Gasteiger partial charge in [-0.25, -0.2) is 4.79 Å². The summed E-state index contributed by atoms with van der Waals surface area (Å²) in [6.07, 6.45) is -2.24. The fourth-order valence-corrected chi connectivity index (χ4v) is 3.26. The van der Waals surface area contributed by atoms with Crippen LogP contribution in [0.25, 0.3) is 0 Å². The van der Waals surface area contributed by atoms with Gasteiger partial charge < -0.3 is 20.3 Å². The summed E-state index contributed by atoms with van der Waals surface area (Å²) in [6, 6.07) is 9.10. The van der Waals surface area contributed by atoms with Crippen LogP contribution in [0, 0.1) is 11.8 Å². The second-order valence-corrected chi connectivity index (χ2v) is 7.08. The van der Waals surface area contributed by atoms with Gasteiger partial charge >= 0.3 is 12.2 Å². The number of carbonyl (C=O) groups excluding carboxylic acids is 2. The van der Waals surface area contributed by atoms with Gasteiger partial charge in [0.15, 0.2) is 0 Å². The van der Waals surface area contributed by atoms with Gasteiger partial charge in [0, 0.05) is 24.2 Å². The quantitative estimate of drug-likeness (QED) is 0.686. The number of hydrogen-bond acceptors (Lipinski definition) is 3. The summed E-state index contributed by atoms with van der Waals surface area (Å²) in [7, 11) is 1.51. The van der Waals surface area contributed by atoms with Crippen LogP contribution in [0.4, 0.5) is 29.3 Å². The molecule has 1 saturated heterocycles. The molecule has 0 saturated carbocycles. The number of halogens is 3. The number of benzene rings is 2. The lowest BCUT2D eigenvalue weighted by molar-refractivity contribution is -0.137. The molecule has 9 heteroatoms. The number of anilines is 2. The summed E-state index contributed by atoms with van der Waals surface area (Å²) in [5, 5.41) is 5.18. The fourth-order valence-electron chi connectivity index (χ4n) is 3.26. The van der Waals surface area contributed by atoms with Crippen LogP contribution in [0.5, 0.6) is 5.75 Å². The van der Waals surface area contributed by atoms with Crippen molar-refractivity contribution in [3.05, 3.63) is 53.6 Å². The molecular weight excluding hydrogens is 423 g/mol. The minimum absolute atomic E-state index is 0.000943. The molecule has 2 aromatic rings. The topological polar surface area (TPSA) is 70.7 Å². The first-order valence-corrected chi connectivity index (χ1v) is 9.97. The predicted octanol–water partition coefficient (Wildman–Crippen LogP) is 4.40. The fraction of sp³-hybridized carbons (Fsp3) is 0.304. The van der Waals surface area contributed by atoms with Gasteiger partial charge in [0.25, 0.3) is 0 Å². The highest BCUT2D eigenvalue weighted by molar-refractivity contribution is 5.97. The van der Waals surface area contributed by atoms with Crippen molar-refractivity contribution in [2.24, 2.45) is 0 Å². The minimum atomic E-state index is -4.44. The van der Waals surface area contributed by atoms with Crippen molar-refractivity contribution in [3.8, 4) is 17.6 Å². The van der Waals surface area contributed by atoms with Crippen LogP contribution in [0.1, 0.15) is 30.4 Å². The first-order chi connectivity index (χ1) is 15.3. The molecular formula is C23H22F3N3O3. The molecule has 0 radical (unpaired) electrons. The van der Waals surface area contributed by atoms with E-state index >= 15 is 0 Å². The van der Waals surface area contributed by atoms with Crippen molar-refractivity contribution in [2.45, 2.75) is 25.4 Å². The lowest BCUT2D eigenvalue weighted by Gasteiger charge is -2.28. The lowest BCUT2D eigenvalue weighted by Crippen LogP contribution is -2.35. The summed E-state index contributed by atoms with van der Waals surface area (Å²) < 4.78 is 43.6. The van der Waals surface area contributed by atoms with Crippen molar-refractivity contribution < 1.29 is 27.5 Å². The molecule has 0 aromatic heterocycles. The Hall–Kier alpha value is -3.67. The number of rotatable bonds is 4. The molecule has 3 amide bonds. The number of nitrogens with one attached hydrogen (secondary N) is 2. The highest BCUT2D eigenvalue weighted by Crippen LogP contribution is 2.33. The van der Waals surface area contributed by atoms with Gasteiger partial charge in [-0.15, -0.1) is 0 Å². The standard InChI is InChI=1S/C23H22F3N3O3/c1-32-20-11-10-18(15-19(20)29-13-3-2-9-21(29)30)28-22(31)27-12-5-7-16-6-4-8-17(14-16)23(24,25)26/h4,6,8,10-11,14-15H,2-3,9,12-13H2,1H3,(H2,27,28,31). The summed E-state index contributed by atoms with van der Waals surface area (Å²) in [4.78, 5) is 26.1. The zero-order valence-corrected chi connectivity index (χ0v) is 17.4. The first-order valence-electron chi connectivity index (χ1n) is 9.97. The van der Waals surface area contributed by atoms with Crippen LogP contribution in [0.3, 0.4) is 0 Å². The monoisotopic (exact) mass is 445 g/mol. The SMILES string of the molecule is COc1ccc(NC(=O)NCC#Cc2cccc(C(F)(F)F)c2)cc1N1CCCCC1=O. The van der Waals surface area contributed by atoms with E-state index in [2.05, 4.69) is 22.5 Å². The molecule has 0 atom stereocenters. The molecule has 0 spiro atoms. The normalized spacial score (nSPS) is 13.8. The molecule has 168 valence electrons. The van der Waals surface area contributed by atoms with Crippen molar-refractivity contribution in [1.29, 1.82) is 0 Å². The van der Waals surface area contributed by atoms with Crippen LogP contribution >= 0.6 is 0 Å². The molecule has 1 aliphatic rings. The van der Waals surface area contributed by atoms with Crippen molar-refractivity contribution in [3.63, 3.8) is 0 Å². The molecule has 6 nitrogen and oxygen atoms in total. The molecule has 0 unspecified atom stereocenters. The summed E-state index contributed by atoms with van der Waals surface area (Å²) in [5.74, 6) is 5.74. The van der Waals surface area contributed by atoms with Crippen LogP contribution < -0.4 is 20.3 Å². The zero-order chi connectivity index (χ0) is 23.1. The number of alkyl halides is 3. The van der Waals surface area contributed by atoms with E-state index in [1.54, 1.807) is 23.1 Å². The smallest absolute Gasteiger partial charge is 0.416 e. The molecule has 32 heavy (non-hydrogen) atoms. The molecule has 2 N–H and O–H groups in total. The highest BCUT2D eigenvalue weighted by atomic mass is 19.4. The molecule has 0 aliphatic carbocycles. The van der Waals surface area contributed by atoms with Gasteiger partial charge in [-0.1, -0.05) is 17.9 Å². The number of carbonyl (C=O) groups is 2. The Balaban J connectivity index is 1.61. The third kappa shape index (κ3) is 5.94. The van der Waals surface area contributed by atoms with E-state index in [1.165, 1.54) is 19.2 Å². The Morgan fingerprint density at radius 1 is 1.19 bits per heavy atom. The second-order valence-electron chi connectivity index (χ2n) is 7.08.